The second-order valence-electron chi connectivity index (χ2n) is 7.61. The van der Waals surface area contributed by atoms with E-state index in [9.17, 15) is 4.79 Å². The summed E-state index contributed by atoms with van der Waals surface area (Å²) in [6.07, 6.45) is 0.785. The number of carbonyl (C=O) groups excluding carboxylic acids is 1. The van der Waals surface area contributed by atoms with E-state index in [-0.39, 0.29) is 18.1 Å². The Balaban J connectivity index is 1.23. The minimum Gasteiger partial charge on any atom is -0.448 e. The van der Waals surface area contributed by atoms with Crippen molar-refractivity contribution < 1.29 is 14.4 Å². The highest BCUT2D eigenvalue weighted by atomic mass is 16.6. The molecule has 1 saturated heterocycles. The summed E-state index contributed by atoms with van der Waals surface area (Å²) in [5.41, 5.74) is 6.03. The summed E-state index contributed by atoms with van der Waals surface area (Å²) >= 11 is 0. The molecule has 5 nitrogen and oxygen atoms in total. The smallest absolute Gasteiger partial charge is 0.409 e. The topological polar surface area (TPSA) is 51.1 Å². The van der Waals surface area contributed by atoms with Crippen molar-refractivity contribution in [3.63, 3.8) is 0 Å². The number of rotatable bonds is 3. The van der Waals surface area contributed by atoms with Crippen LogP contribution in [0.1, 0.15) is 30.4 Å². The molecule has 1 aliphatic carbocycles. The SMILES string of the molecule is CC1CC(C2CN(C(=O)OCC3c4ccccc4-c4ccccc43)C2)=NO1. The standard InChI is InChI=1S/C22H22N2O3/c1-14-10-21(23-27-14)15-11-24(12-15)22(25)26-13-20-18-8-4-2-6-16(18)17-7-3-5-9-19(17)20/h2-9,14-15,20H,10-13H2,1H3. The van der Waals surface area contributed by atoms with Crippen molar-refractivity contribution in [3.05, 3.63) is 59.7 Å². The van der Waals surface area contributed by atoms with Gasteiger partial charge in [0.25, 0.3) is 0 Å². The Morgan fingerprint density at radius 1 is 1.11 bits per heavy atom. The fourth-order valence-corrected chi connectivity index (χ4v) is 4.29. The van der Waals surface area contributed by atoms with Gasteiger partial charge in [0.1, 0.15) is 12.7 Å². The first-order valence-electron chi connectivity index (χ1n) is 9.53. The van der Waals surface area contributed by atoms with Gasteiger partial charge in [-0.2, -0.15) is 0 Å². The molecule has 2 aromatic carbocycles. The van der Waals surface area contributed by atoms with Gasteiger partial charge < -0.3 is 14.5 Å². The summed E-state index contributed by atoms with van der Waals surface area (Å²) in [6, 6.07) is 16.7. The molecule has 27 heavy (non-hydrogen) atoms. The number of hydrogen-bond acceptors (Lipinski definition) is 4. The van der Waals surface area contributed by atoms with Gasteiger partial charge in [-0.3, -0.25) is 0 Å². The molecule has 0 N–H and O–H groups in total. The zero-order valence-electron chi connectivity index (χ0n) is 15.3. The lowest BCUT2D eigenvalue weighted by molar-refractivity contribution is 0.0668. The van der Waals surface area contributed by atoms with Crippen molar-refractivity contribution in [1.29, 1.82) is 0 Å². The van der Waals surface area contributed by atoms with E-state index in [1.54, 1.807) is 4.90 Å². The van der Waals surface area contributed by atoms with Crippen LogP contribution < -0.4 is 0 Å². The molecule has 1 unspecified atom stereocenters. The molecule has 1 fully saturated rings. The Morgan fingerprint density at radius 2 is 1.74 bits per heavy atom. The molecule has 2 heterocycles. The number of likely N-dealkylation sites (tertiary alicyclic amines) is 1. The van der Waals surface area contributed by atoms with E-state index in [1.165, 1.54) is 22.3 Å². The maximum atomic E-state index is 12.5. The van der Waals surface area contributed by atoms with E-state index in [0.29, 0.717) is 25.6 Å². The van der Waals surface area contributed by atoms with E-state index in [0.717, 1.165) is 12.1 Å². The van der Waals surface area contributed by atoms with E-state index in [2.05, 4.69) is 41.6 Å². The van der Waals surface area contributed by atoms with E-state index < -0.39 is 0 Å². The number of ether oxygens (including phenoxy) is 1. The van der Waals surface area contributed by atoms with Crippen LogP contribution in [0.2, 0.25) is 0 Å². The van der Waals surface area contributed by atoms with Gasteiger partial charge in [-0.1, -0.05) is 53.7 Å². The maximum absolute atomic E-state index is 12.5. The molecule has 3 aliphatic rings. The largest absolute Gasteiger partial charge is 0.448 e. The summed E-state index contributed by atoms with van der Waals surface area (Å²) < 4.78 is 5.69. The number of carbonyl (C=O) groups is 1. The van der Waals surface area contributed by atoms with Gasteiger partial charge in [-0.05, 0) is 29.2 Å². The molecule has 5 rings (SSSR count). The van der Waals surface area contributed by atoms with Gasteiger partial charge in [0, 0.05) is 31.3 Å². The maximum Gasteiger partial charge on any atom is 0.409 e. The molecule has 5 heteroatoms. The van der Waals surface area contributed by atoms with Gasteiger partial charge in [0.2, 0.25) is 0 Å². The normalized spacial score (nSPS) is 21.1. The van der Waals surface area contributed by atoms with Crippen molar-refractivity contribution in [2.24, 2.45) is 11.1 Å². The molecule has 0 spiro atoms. The number of amides is 1. The quantitative estimate of drug-likeness (QED) is 0.828. The van der Waals surface area contributed by atoms with Crippen LogP contribution in [-0.4, -0.2) is 42.5 Å². The van der Waals surface area contributed by atoms with Gasteiger partial charge >= 0.3 is 6.09 Å². The molecule has 138 valence electrons. The van der Waals surface area contributed by atoms with Crippen molar-refractivity contribution >= 4 is 11.8 Å². The molecule has 1 amide bonds. The van der Waals surface area contributed by atoms with Crippen LogP contribution in [0.4, 0.5) is 4.79 Å². The second-order valence-corrected chi connectivity index (χ2v) is 7.61. The fourth-order valence-electron chi connectivity index (χ4n) is 4.29. The van der Waals surface area contributed by atoms with Gasteiger partial charge in [0.15, 0.2) is 0 Å². The van der Waals surface area contributed by atoms with Crippen LogP contribution >= 0.6 is 0 Å². The number of nitrogens with zero attached hydrogens (tertiary/aromatic N) is 2. The Kier molecular flexibility index (Phi) is 3.88. The van der Waals surface area contributed by atoms with Crippen LogP contribution in [0, 0.1) is 5.92 Å². The van der Waals surface area contributed by atoms with Crippen molar-refractivity contribution in [2.45, 2.75) is 25.4 Å². The Bertz CT molecular complexity index is 872. The molecule has 0 radical (unpaired) electrons. The lowest BCUT2D eigenvalue weighted by atomic mass is 9.92. The number of hydrogen-bond donors (Lipinski definition) is 0. The summed E-state index contributed by atoms with van der Waals surface area (Å²) in [5, 5.41) is 4.13. The third-order valence-electron chi connectivity index (χ3n) is 5.79. The van der Waals surface area contributed by atoms with Crippen LogP contribution in [0.5, 0.6) is 0 Å². The molecule has 0 saturated carbocycles. The van der Waals surface area contributed by atoms with E-state index >= 15 is 0 Å². The number of fused-ring (bicyclic) bond motifs is 3. The first-order valence-corrected chi connectivity index (χ1v) is 9.53. The van der Waals surface area contributed by atoms with Gasteiger partial charge in [-0.15, -0.1) is 0 Å². The monoisotopic (exact) mass is 362 g/mol. The molecule has 2 aromatic rings. The van der Waals surface area contributed by atoms with Crippen LogP contribution in [-0.2, 0) is 9.57 Å². The molecule has 0 bridgehead atoms. The van der Waals surface area contributed by atoms with Gasteiger partial charge in [0.05, 0.1) is 5.71 Å². The van der Waals surface area contributed by atoms with Crippen LogP contribution in [0.15, 0.2) is 53.7 Å². The molecule has 2 aliphatic heterocycles. The van der Waals surface area contributed by atoms with Crippen LogP contribution in [0.3, 0.4) is 0 Å². The first-order chi connectivity index (χ1) is 13.2. The van der Waals surface area contributed by atoms with Crippen LogP contribution in [0.25, 0.3) is 11.1 Å². The molecular formula is C22H22N2O3. The van der Waals surface area contributed by atoms with Crippen molar-refractivity contribution in [1.82, 2.24) is 4.90 Å². The van der Waals surface area contributed by atoms with Crippen molar-refractivity contribution in [2.75, 3.05) is 19.7 Å². The average molecular weight is 362 g/mol. The lowest BCUT2D eigenvalue weighted by Crippen LogP contribution is -2.53. The first kappa shape index (κ1) is 16.4. The second kappa shape index (κ2) is 6.41. The lowest BCUT2D eigenvalue weighted by Gasteiger charge is -2.38. The third kappa shape index (κ3) is 2.78. The minimum atomic E-state index is -0.235. The summed E-state index contributed by atoms with van der Waals surface area (Å²) in [7, 11) is 0. The zero-order chi connectivity index (χ0) is 18.4. The van der Waals surface area contributed by atoms with E-state index in [4.69, 9.17) is 9.57 Å². The molecule has 1 atom stereocenters. The zero-order valence-corrected chi connectivity index (χ0v) is 15.3. The predicted octanol–water partition coefficient (Wildman–Crippen LogP) is 4.03. The predicted molar refractivity (Wildman–Crippen MR) is 103 cm³/mol. The minimum absolute atomic E-state index is 0.104. The number of benzene rings is 2. The highest BCUT2D eigenvalue weighted by Gasteiger charge is 2.38. The number of oxime groups is 1. The van der Waals surface area contributed by atoms with E-state index in [1.807, 2.05) is 19.1 Å². The summed E-state index contributed by atoms with van der Waals surface area (Å²) in [5.74, 6) is 0.419. The summed E-state index contributed by atoms with van der Waals surface area (Å²) in [4.78, 5) is 19.5. The molecule has 0 aromatic heterocycles. The Hall–Kier alpha value is -2.82. The highest BCUT2D eigenvalue weighted by molar-refractivity contribution is 5.90. The Morgan fingerprint density at radius 3 is 2.33 bits per heavy atom. The molecular weight excluding hydrogens is 340 g/mol. The average Bonchev–Trinajstić information content (AvgIpc) is 3.20. The highest BCUT2D eigenvalue weighted by Crippen LogP contribution is 2.44. The third-order valence-corrected chi connectivity index (χ3v) is 5.79. The summed E-state index contributed by atoms with van der Waals surface area (Å²) in [6.45, 7) is 3.73. The fraction of sp³-hybridized carbons (Fsp3) is 0.364. The van der Waals surface area contributed by atoms with Gasteiger partial charge in [-0.25, -0.2) is 4.79 Å². The Labute approximate surface area is 158 Å². The van der Waals surface area contributed by atoms with Crippen molar-refractivity contribution in [3.8, 4) is 11.1 Å².